The van der Waals surface area contributed by atoms with Crippen LogP contribution in [0.15, 0.2) is 30.3 Å². The van der Waals surface area contributed by atoms with Gasteiger partial charge in [0.15, 0.2) is 5.13 Å². The van der Waals surface area contributed by atoms with Gasteiger partial charge in [0.2, 0.25) is 5.91 Å². The number of hydrogen-bond acceptors (Lipinski definition) is 4. The van der Waals surface area contributed by atoms with E-state index in [0.29, 0.717) is 12.3 Å². The van der Waals surface area contributed by atoms with E-state index in [1.165, 1.54) is 10.4 Å². The molecular weight excluding hydrogens is 330 g/mol. The maximum absolute atomic E-state index is 12.2. The number of thiazole rings is 1. The molecule has 5 heteroatoms. The summed E-state index contributed by atoms with van der Waals surface area (Å²) < 4.78 is 0. The molecule has 0 spiro atoms. The summed E-state index contributed by atoms with van der Waals surface area (Å²) in [7, 11) is 0. The molecule has 1 atom stereocenters. The number of nitrogens with one attached hydrogen (secondary N) is 1. The number of fused-ring (bicyclic) bond motifs is 1. The Hall–Kier alpha value is -1.72. The number of carbonyl (C=O) groups excluding carboxylic acids is 1. The van der Waals surface area contributed by atoms with E-state index in [-0.39, 0.29) is 5.91 Å². The van der Waals surface area contributed by atoms with Crippen molar-refractivity contribution in [3.63, 3.8) is 0 Å². The van der Waals surface area contributed by atoms with Crippen LogP contribution in [0.3, 0.4) is 0 Å². The Morgan fingerprint density at radius 1 is 1.36 bits per heavy atom. The molecule has 0 saturated carbocycles. The monoisotopic (exact) mass is 357 g/mol. The highest BCUT2D eigenvalue weighted by Gasteiger charge is 2.21. The lowest BCUT2D eigenvalue weighted by atomic mass is 10.0. The summed E-state index contributed by atoms with van der Waals surface area (Å²) >= 11 is 1.63. The molecule has 25 heavy (non-hydrogen) atoms. The number of hydrogen-bond donors (Lipinski definition) is 1. The van der Waals surface area contributed by atoms with Gasteiger partial charge in [0, 0.05) is 37.4 Å². The molecule has 1 amide bonds. The number of rotatable bonds is 7. The summed E-state index contributed by atoms with van der Waals surface area (Å²) in [5, 5.41) is 3.77. The first-order valence-electron chi connectivity index (χ1n) is 9.18. The van der Waals surface area contributed by atoms with E-state index in [1.807, 2.05) is 0 Å². The van der Waals surface area contributed by atoms with Crippen molar-refractivity contribution in [1.29, 1.82) is 0 Å². The molecule has 1 aromatic heterocycles. The largest absolute Gasteiger partial charge is 0.302 e. The zero-order valence-electron chi connectivity index (χ0n) is 15.1. The second-order valence-corrected chi connectivity index (χ2v) is 8.06. The molecule has 4 nitrogen and oxygen atoms in total. The summed E-state index contributed by atoms with van der Waals surface area (Å²) in [6.07, 6.45) is 3.76. The van der Waals surface area contributed by atoms with Crippen molar-refractivity contribution in [2.24, 2.45) is 5.92 Å². The van der Waals surface area contributed by atoms with Crippen LogP contribution in [0.2, 0.25) is 0 Å². The molecular formula is C20H27N3OS. The number of amides is 1. The highest BCUT2D eigenvalue weighted by Crippen LogP contribution is 2.29. The van der Waals surface area contributed by atoms with E-state index in [4.69, 9.17) is 0 Å². The fourth-order valence-corrected chi connectivity index (χ4v) is 4.43. The zero-order chi connectivity index (χ0) is 17.6. The zero-order valence-corrected chi connectivity index (χ0v) is 15.9. The van der Waals surface area contributed by atoms with Gasteiger partial charge in [0.25, 0.3) is 0 Å². The predicted octanol–water partition coefficient (Wildman–Crippen LogP) is 4.47. The highest BCUT2D eigenvalue weighted by molar-refractivity contribution is 7.15. The van der Waals surface area contributed by atoms with Crippen LogP contribution in [-0.4, -0.2) is 22.3 Å². The highest BCUT2D eigenvalue weighted by atomic mass is 32.1. The van der Waals surface area contributed by atoms with Crippen molar-refractivity contribution >= 4 is 22.4 Å². The fraction of sp³-hybridized carbons (Fsp3) is 0.500. The van der Waals surface area contributed by atoms with Crippen LogP contribution in [0.1, 0.15) is 49.2 Å². The smallest absolute Gasteiger partial charge is 0.226 e. The average Bonchev–Trinajstić information content (AvgIpc) is 2.97. The quantitative estimate of drug-likeness (QED) is 0.795. The van der Waals surface area contributed by atoms with Crippen molar-refractivity contribution in [2.75, 3.05) is 11.9 Å². The minimum absolute atomic E-state index is 0.0909. The second kappa shape index (κ2) is 8.59. The number of nitrogens with zero attached hydrogens (tertiary/aromatic N) is 2. The molecule has 1 N–H and O–H groups in total. The minimum atomic E-state index is 0.0909. The Labute approximate surface area is 154 Å². The van der Waals surface area contributed by atoms with Gasteiger partial charge in [-0.25, -0.2) is 4.98 Å². The maximum Gasteiger partial charge on any atom is 0.226 e. The second-order valence-electron chi connectivity index (χ2n) is 6.98. The van der Waals surface area contributed by atoms with Crippen LogP contribution < -0.4 is 5.32 Å². The predicted molar refractivity (Wildman–Crippen MR) is 104 cm³/mol. The first-order valence-corrected chi connectivity index (χ1v) is 10.0. The van der Waals surface area contributed by atoms with Crippen molar-refractivity contribution < 1.29 is 4.79 Å². The van der Waals surface area contributed by atoms with Crippen LogP contribution in [-0.2, 0) is 24.3 Å². The summed E-state index contributed by atoms with van der Waals surface area (Å²) in [4.78, 5) is 20.5. The summed E-state index contributed by atoms with van der Waals surface area (Å²) in [5.41, 5.74) is 2.50. The summed E-state index contributed by atoms with van der Waals surface area (Å²) in [5.74, 6) is 0.522. The molecule has 0 radical (unpaired) electrons. The molecule has 1 aliphatic rings. The lowest BCUT2D eigenvalue weighted by Gasteiger charge is -2.25. The van der Waals surface area contributed by atoms with Crippen LogP contribution >= 0.6 is 11.3 Å². The number of benzene rings is 1. The Bertz CT molecular complexity index is 698. The molecule has 0 aliphatic carbocycles. The fourth-order valence-electron chi connectivity index (χ4n) is 3.36. The lowest BCUT2D eigenvalue weighted by Crippen LogP contribution is -2.29. The van der Waals surface area contributed by atoms with Crippen molar-refractivity contribution in [2.45, 2.75) is 52.6 Å². The average molecular weight is 358 g/mol. The Morgan fingerprint density at radius 2 is 2.16 bits per heavy atom. The minimum Gasteiger partial charge on any atom is -0.302 e. The molecule has 0 fully saturated rings. The van der Waals surface area contributed by atoms with Crippen molar-refractivity contribution in [3.05, 3.63) is 46.5 Å². The van der Waals surface area contributed by atoms with Crippen LogP contribution in [0.5, 0.6) is 0 Å². The third kappa shape index (κ3) is 5.13. The Balaban J connectivity index is 1.56. The van der Waals surface area contributed by atoms with Gasteiger partial charge in [0.05, 0.1) is 5.69 Å². The Kier molecular flexibility index (Phi) is 6.21. The molecule has 1 aromatic carbocycles. The van der Waals surface area contributed by atoms with Gasteiger partial charge in [-0.1, -0.05) is 57.0 Å². The van der Waals surface area contributed by atoms with Gasteiger partial charge in [-0.05, 0) is 11.5 Å². The first kappa shape index (κ1) is 18.1. The van der Waals surface area contributed by atoms with Crippen molar-refractivity contribution in [1.82, 2.24) is 9.88 Å². The normalized spacial score (nSPS) is 15.6. The third-order valence-corrected chi connectivity index (χ3v) is 5.62. The van der Waals surface area contributed by atoms with Gasteiger partial charge in [0.1, 0.15) is 0 Å². The number of aromatic nitrogens is 1. The van der Waals surface area contributed by atoms with Gasteiger partial charge in [-0.15, -0.1) is 11.3 Å². The van der Waals surface area contributed by atoms with Crippen LogP contribution in [0.25, 0.3) is 0 Å². The molecule has 0 saturated heterocycles. The van der Waals surface area contributed by atoms with E-state index in [0.717, 1.165) is 49.7 Å². The number of carbonyl (C=O) groups is 1. The van der Waals surface area contributed by atoms with E-state index in [1.54, 1.807) is 11.3 Å². The summed E-state index contributed by atoms with van der Waals surface area (Å²) in [6, 6.07) is 10.6. The van der Waals surface area contributed by atoms with E-state index < -0.39 is 0 Å². The van der Waals surface area contributed by atoms with Crippen LogP contribution in [0, 0.1) is 5.92 Å². The standard InChI is InChI=1S/C20H27N3OS/c1-3-7-15(2)12-19(24)22-20-21-17-10-11-23(14-18(17)25-20)13-16-8-5-4-6-9-16/h4-6,8-9,15H,3,7,10-14H2,1-2H3,(H,21,22,24). The molecule has 1 unspecified atom stereocenters. The van der Waals surface area contributed by atoms with Gasteiger partial charge < -0.3 is 5.32 Å². The van der Waals surface area contributed by atoms with Gasteiger partial charge in [-0.2, -0.15) is 0 Å². The van der Waals surface area contributed by atoms with E-state index in [9.17, 15) is 4.79 Å². The Morgan fingerprint density at radius 3 is 2.92 bits per heavy atom. The molecule has 0 bridgehead atoms. The van der Waals surface area contributed by atoms with Crippen molar-refractivity contribution in [3.8, 4) is 0 Å². The first-order chi connectivity index (χ1) is 12.1. The SMILES string of the molecule is CCCC(C)CC(=O)Nc1nc2c(s1)CN(Cc1ccccc1)CC2. The molecule has 1 aliphatic heterocycles. The van der Waals surface area contributed by atoms with E-state index in [2.05, 4.69) is 59.4 Å². The molecule has 2 heterocycles. The maximum atomic E-state index is 12.2. The van der Waals surface area contributed by atoms with Gasteiger partial charge >= 0.3 is 0 Å². The molecule has 134 valence electrons. The number of anilines is 1. The molecule has 2 aromatic rings. The molecule has 3 rings (SSSR count). The van der Waals surface area contributed by atoms with E-state index >= 15 is 0 Å². The lowest BCUT2D eigenvalue weighted by molar-refractivity contribution is -0.117. The van der Waals surface area contributed by atoms with Gasteiger partial charge in [-0.3, -0.25) is 9.69 Å². The third-order valence-electron chi connectivity index (χ3n) is 4.62. The van der Waals surface area contributed by atoms with Crippen LogP contribution in [0.4, 0.5) is 5.13 Å². The topological polar surface area (TPSA) is 45.2 Å². The summed E-state index contributed by atoms with van der Waals surface area (Å²) in [6.45, 7) is 7.20.